The van der Waals surface area contributed by atoms with Crippen molar-refractivity contribution in [2.24, 2.45) is 5.92 Å². The highest BCUT2D eigenvalue weighted by Crippen LogP contribution is 2.25. The van der Waals surface area contributed by atoms with Gasteiger partial charge in [-0.25, -0.2) is 13.4 Å². The van der Waals surface area contributed by atoms with Crippen LogP contribution in [0.3, 0.4) is 0 Å². The van der Waals surface area contributed by atoms with Crippen LogP contribution in [0.4, 0.5) is 0 Å². The summed E-state index contributed by atoms with van der Waals surface area (Å²) in [5.74, 6) is -0.287. The van der Waals surface area contributed by atoms with Gasteiger partial charge in [-0.2, -0.15) is 9.57 Å². The molecule has 0 bridgehead atoms. The standard InChI is InChI=1S/C18H26N4O3S2/c1-13(2)18(4,12-19)21-17(23)14(3)26-16-8-7-15(11-20-16)27(24,25)22-9-5-6-10-22/h7-8,11,13-14H,5-6,9-10H2,1-4H3,(H,21,23). The van der Waals surface area contributed by atoms with Crippen molar-refractivity contribution in [3.8, 4) is 6.07 Å². The van der Waals surface area contributed by atoms with Crippen LogP contribution in [0.15, 0.2) is 28.3 Å². The average molecular weight is 411 g/mol. The predicted octanol–water partition coefficient (Wildman–Crippen LogP) is 2.40. The Bertz CT molecular complexity index is 812. The monoisotopic (exact) mass is 410 g/mol. The Morgan fingerprint density at radius 3 is 2.44 bits per heavy atom. The lowest BCUT2D eigenvalue weighted by Crippen LogP contribution is -2.51. The molecule has 1 aromatic rings. The quantitative estimate of drug-likeness (QED) is 0.692. The molecule has 1 aliphatic heterocycles. The minimum absolute atomic E-state index is 0.0307. The highest BCUT2D eigenvalue weighted by molar-refractivity contribution is 8.00. The minimum atomic E-state index is -3.49. The highest BCUT2D eigenvalue weighted by Gasteiger charge is 2.32. The zero-order valence-electron chi connectivity index (χ0n) is 16.1. The first kappa shape index (κ1) is 21.7. The lowest BCUT2D eigenvalue weighted by Gasteiger charge is -2.28. The molecule has 2 atom stereocenters. The van der Waals surface area contributed by atoms with Gasteiger partial charge < -0.3 is 5.32 Å². The molecule has 7 nitrogen and oxygen atoms in total. The van der Waals surface area contributed by atoms with Crippen LogP contribution in [0.1, 0.15) is 40.5 Å². The van der Waals surface area contributed by atoms with Crippen LogP contribution in [-0.2, 0) is 14.8 Å². The van der Waals surface area contributed by atoms with E-state index in [4.69, 9.17) is 0 Å². The first-order valence-electron chi connectivity index (χ1n) is 8.96. The van der Waals surface area contributed by atoms with Crippen molar-refractivity contribution in [1.82, 2.24) is 14.6 Å². The Morgan fingerprint density at radius 2 is 1.96 bits per heavy atom. The summed E-state index contributed by atoms with van der Waals surface area (Å²) in [6.07, 6.45) is 3.10. The van der Waals surface area contributed by atoms with Crippen molar-refractivity contribution in [1.29, 1.82) is 5.26 Å². The summed E-state index contributed by atoms with van der Waals surface area (Å²) in [6, 6.07) is 5.29. The molecule has 1 saturated heterocycles. The number of rotatable bonds is 7. The molecule has 27 heavy (non-hydrogen) atoms. The normalized spacial score (nSPS) is 18.7. The largest absolute Gasteiger partial charge is 0.337 e. The van der Waals surface area contributed by atoms with Crippen LogP contribution in [0.25, 0.3) is 0 Å². The number of amides is 1. The zero-order valence-corrected chi connectivity index (χ0v) is 17.7. The summed E-state index contributed by atoms with van der Waals surface area (Å²) in [4.78, 5) is 16.8. The van der Waals surface area contributed by atoms with Gasteiger partial charge in [0.05, 0.1) is 16.3 Å². The van der Waals surface area contributed by atoms with E-state index in [2.05, 4.69) is 16.4 Å². The van der Waals surface area contributed by atoms with Crippen LogP contribution in [0.5, 0.6) is 0 Å². The number of sulfonamides is 1. The number of hydrogen-bond donors (Lipinski definition) is 1. The van der Waals surface area contributed by atoms with E-state index in [1.165, 1.54) is 28.3 Å². The highest BCUT2D eigenvalue weighted by atomic mass is 32.2. The topological polar surface area (TPSA) is 103 Å². The second-order valence-electron chi connectivity index (χ2n) is 7.16. The molecule has 1 fully saturated rings. The minimum Gasteiger partial charge on any atom is -0.337 e. The van der Waals surface area contributed by atoms with E-state index >= 15 is 0 Å². The molecule has 148 valence electrons. The third-order valence-electron chi connectivity index (χ3n) is 4.85. The smallest absolute Gasteiger partial charge is 0.244 e. The van der Waals surface area contributed by atoms with Gasteiger partial charge in [-0.1, -0.05) is 25.6 Å². The summed E-state index contributed by atoms with van der Waals surface area (Å²) in [5.41, 5.74) is -0.938. The molecule has 1 aliphatic rings. The molecule has 0 radical (unpaired) electrons. The van der Waals surface area contributed by atoms with Crippen LogP contribution in [0.2, 0.25) is 0 Å². The first-order valence-corrected chi connectivity index (χ1v) is 11.3. The average Bonchev–Trinajstić information content (AvgIpc) is 3.17. The molecule has 1 aromatic heterocycles. The summed E-state index contributed by atoms with van der Waals surface area (Å²) >= 11 is 1.23. The molecule has 0 aliphatic carbocycles. The van der Waals surface area contributed by atoms with E-state index < -0.39 is 20.8 Å². The van der Waals surface area contributed by atoms with Crippen molar-refractivity contribution < 1.29 is 13.2 Å². The van der Waals surface area contributed by atoms with Gasteiger partial charge in [-0.3, -0.25) is 4.79 Å². The number of aromatic nitrogens is 1. The van der Waals surface area contributed by atoms with Crippen molar-refractivity contribution >= 4 is 27.7 Å². The predicted molar refractivity (Wildman–Crippen MR) is 105 cm³/mol. The Balaban J connectivity index is 2.03. The number of nitriles is 1. The molecule has 1 N–H and O–H groups in total. The number of carbonyl (C=O) groups excluding carboxylic acids is 1. The van der Waals surface area contributed by atoms with Crippen LogP contribution < -0.4 is 5.32 Å². The van der Waals surface area contributed by atoms with E-state index in [0.717, 1.165) is 12.8 Å². The van der Waals surface area contributed by atoms with E-state index in [0.29, 0.717) is 18.1 Å². The number of carbonyl (C=O) groups is 1. The third kappa shape index (κ3) is 5.00. The molecular formula is C18H26N4O3S2. The molecular weight excluding hydrogens is 384 g/mol. The van der Waals surface area contributed by atoms with Crippen molar-refractivity contribution in [2.45, 2.75) is 61.2 Å². The Kier molecular flexibility index (Phi) is 6.89. The van der Waals surface area contributed by atoms with Crippen LogP contribution >= 0.6 is 11.8 Å². The second-order valence-corrected chi connectivity index (χ2v) is 10.5. The first-order chi connectivity index (χ1) is 12.6. The van der Waals surface area contributed by atoms with Crippen LogP contribution in [0, 0.1) is 17.2 Å². The summed E-state index contributed by atoms with van der Waals surface area (Å²) in [7, 11) is -3.49. The fourth-order valence-corrected chi connectivity index (χ4v) is 4.81. The zero-order chi connectivity index (χ0) is 20.2. The Hall–Kier alpha value is -1.63. The van der Waals surface area contributed by atoms with E-state index in [9.17, 15) is 18.5 Å². The van der Waals surface area contributed by atoms with E-state index in [1.54, 1.807) is 19.9 Å². The van der Waals surface area contributed by atoms with Gasteiger partial charge in [0.25, 0.3) is 0 Å². The van der Waals surface area contributed by atoms with Crippen molar-refractivity contribution in [3.05, 3.63) is 18.3 Å². The molecule has 2 rings (SSSR count). The van der Waals surface area contributed by atoms with Gasteiger partial charge in [0, 0.05) is 19.3 Å². The molecule has 2 unspecified atom stereocenters. The fraction of sp³-hybridized carbons (Fsp3) is 0.611. The van der Waals surface area contributed by atoms with Crippen LogP contribution in [-0.4, -0.2) is 47.5 Å². The molecule has 2 heterocycles. The van der Waals surface area contributed by atoms with Gasteiger partial charge in [0.15, 0.2) is 0 Å². The van der Waals surface area contributed by atoms with Gasteiger partial charge in [-0.15, -0.1) is 0 Å². The van der Waals surface area contributed by atoms with Gasteiger partial charge >= 0.3 is 0 Å². The fourth-order valence-electron chi connectivity index (χ4n) is 2.56. The molecule has 1 amide bonds. The number of nitrogens with one attached hydrogen (secondary N) is 1. The summed E-state index contributed by atoms with van der Waals surface area (Å²) in [5, 5.41) is 12.2. The lowest BCUT2D eigenvalue weighted by atomic mass is 9.90. The van der Waals surface area contributed by atoms with Gasteiger partial charge in [0.1, 0.15) is 10.4 Å². The Morgan fingerprint density at radius 1 is 1.33 bits per heavy atom. The number of pyridine rings is 1. The van der Waals surface area contributed by atoms with Gasteiger partial charge in [0.2, 0.25) is 15.9 Å². The maximum Gasteiger partial charge on any atom is 0.244 e. The van der Waals surface area contributed by atoms with Gasteiger partial charge in [-0.05, 0) is 44.7 Å². The molecule has 0 saturated carbocycles. The van der Waals surface area contributed by atoms with Crippen molar-refractivity contribution in [3.63, 3.8) is 0 Å². The van der Waals surface area contributed by atoms with Crippen molar-refractivity contribution in [2.75, 3.05) is 13.1 Å². The Labute approximate surface area is 165 Å². The molecule has 0 spiro atoms. The molecule has 9 heteroatoms. The SMILES string of the molecule is CC(Sc1ccc(S(=O)(=O)N2CCCC2)cn1)C(=O)NC(C)(C#N)C(C)C. The lowest BCUT2D eigenvalue weighted by molar-refractivity contribution is -0.121. The maximum atomic E-state index is 12.5. The van der Waals surface area contributed by atoms with E-state index in [1.807, 2.05) is 13.8 Å². The summed E-state index contributed by atoms with van der Waals surface area (Å²) < 4.78 is 26.5. The number of nitrogens with zero attached hydrogens (tertiary/aromatic N) is 3. The molecule has 0 aromatic carbocycles. The number of hydrogen-bond acceptors (Lipinski definition) is 6. The number of thioether (sulfide) groups is 1. The van der Waals surface area contributed by atoms with E-state index in [-0.39, 0.29) is 16.7 Å². The maximum absolute atomic E-state index is 12.5. The third-order valence-corrected chi connectivity index (χ3v) is 7.78. The summed E-state index contributed by atoms with van der Waals surface area (Å²) in [6.45, 7) is 8.27. The second kappa shape index (κ2) is 8.59.